The van der Waals surface area contributed by atoms with Crippen molar-refractivity contribution in [3.05, 3.63) is 12.2 Å². The number of ether oxygens (including phenoxy) is 1. The van der Waals surface area contributed by atoms with Crippen LogP contribution in [-0.4, -0.2) is 29.4 Å². The molecule has 0 heterocycles. The number of amides is 1. The van der Waals surface area contributed by atoms with Gasteiger partial charge in [-0.15, -0.1) is 0 Å². The Balaban J connectivity index is 4.27. The van der Waals surface area contributed by atoms with E-state index in [1.54, 1.807) is 20.8 Å². The Morgan fingerprint density at radius 2 is 2.06 bits per heavy atom. The third-order valence-corrected chi connectivity index (χ3v) is 2.03. The Morgan fingerprint density at radius 3 is 2.44 bits per heavy atom. The molecule has 1 amide bonds. The standard InChI is InChI=1S/C12H23NO3/c1-6-7-9(2)10(8-14)13-11(15)16-12(3,4)5/h6-7,9-10,14H,8H2,1-5H3,(H,13,15)/b7-6+/t9-,10+/m1/s1. The fourth-order valence-electron chi connectivity index (χ4n) is 1.24. The van der Waals surface area contributed by atoms with E-state index in [1.807, 2.05) is 26.0 Å². The van der Waals surface area contributed by atoms with Crippen LogP contribution < -0.4 is 5.32 Å². The van der Waals surface area contributed by atoms with E-state index >= 15 is 0 Å². The van der Waals surface area contributed by atoms with Crippen LogP contribution in [-0.2, 0) is 4.74 Å². The molecule has 0 aromatic carbocycles. The number of aliphatic hydroxyl groups is 1. The second-order valence-electron chi connectivity index (χ2n) is 4.82. The van der Waals surface area contributed by atoms with Crippen LogP contribution in [0.25, 0.3) is 0 Å². The van der Waals surface area contributed by atoms with Crippen LogP contribution in [0, 0.1) is 5.92 Å². The highest BCUT2D eigenvalue weighted by atomic mass is 16.6. The van der Waals surface area contributed by atoms with E-state index in [0.717, 1.165) is 0 Å². The van der Waals surface area contributed by atoms with Gasteiger partial charge < -0.3 is 15.2 Å². The van der Waals surface area contributed by atoms with Gasteiger partial charge in [0.1, 0.15) is 5.60 Å². The molecular formula is C12H23NO3. The minimum Gasteiger partial charge on any atom is -0.444 e. The topological polar surface area (TPSA) is 58.6 Å². The minimum atomic E-state index is -0.520. The summed E-state index contributed by atoms with van der Waals surface area (Å²) in [6, 6.07) is -0.314. The number of aliphatic hydroxyl groups excluding tert-OH is 1. The van der Waals surface area contributed by atoms with Crippen molar-refractivity contribution >= 4 is 6.09 Å². The van der Waals surface area contributed by atoms with E-state index in [9.17, 15) is 4.79 Å². The van der Waals surface area contributed by atoms with Gasteiger partial charge in [0, 0.05) is 0 Å². The van der Waals surface area contributed by atoms with Gasteiger partial charge in [-0.2, -0.15) is 0 Å². The smallest absolute Gasteiger partial charge is 0.407 e. The second kappa shape index (κ2) is 6.53. The van der Waals surface area contributed by atoms with Crippen LogP contribution >= 0.6 is 0 Å². The van der Waals surface area contributed by atoms with Crippen molar-refractivity contribution < 1.29 is 14.6 Å². The Bertz CT molecular complexity index is 243. The van der Waals surface area contributed by atoms with Gasteiger partial charge in [0.15, 0.2) is 0 Å². The lowest BCUT2D eigenvalue weighted by Gasteiger charge is -2.24. The molecule has 0 aromatic heterocycles. The van der Waals surface area contributed by atoms with Crippen molar-refractivity contribution in [3.63, 3.8) is 0 Å². The van der Waals surface area contributed by atoms with Crippen molar-refractivity contribution in [1.82, 2.24) is 5.32 Å². The number of nitrogens with one attached hydrogen (secondary N) is 1. The molecule has 0 aromatic rings. The molecule has 2 atom stereocenters. The first-order valence-corrected chi connectivity index (χ1v) is 5.53. The normalized spacial score (nSPS) is 15.9. The van der Waals surface area contributed by atoms with Crippen LogP contribution in [0.15, 0.2) is 12.2 Å². The monoisotopic (exact) mass is 229 g/mol. The summed E-state index contributed by atoms with van der Waals surface area (Å²) in [5.41, 5.74) is -0.520. The molecule has 0 fully saturated rings. The number of hydrogen-bond donors (Lipinski definition) is 2. The maximum absolute atomic E-state index is 11.5. The molecule has 0 aliphatic carbocycles. The lowest BCUT2D eigenvalue weighted by atomic mass is 10.0. The van der Waals surface area contributed by atoms with Crippen LogP contribution in [0.4, 0.5) is 4.79 Å². The zero-order chi connectivity index (χ0) is 12.8. The quantitative estimate of drug-likeness (QED) is 0.726. The van der Waals surface area contributed by atoms with Crippen LogP contribution in [0.3, 0.4) is 0 Å². The second-order valence-corrected chi connectivity index (χ2v) is 4.82. The first-order chi connectivity index (χ1) is 7.30. The van der Waals surface area contributed by atoms with Crippen molar-refractivity contribution in [2.45, 2.75) is 46.3 Å². The Morgan fingerprint density at radius 1 is 1.50 bits per heavy atom. The number of alkyl carbamates (subject to hydrolysis) is 1. The predicted octanol–water partition coefficient (Wildman–Crippen LogP) is 2.08. The summed E-state index contributed by atoms with van der Waals surface area (Å²) in [5.74, 6) is 0.0718. The highest BCUT2D eigenvalue weighted by Crippen LogP contribution is 2.09. The van der Waals surface area contributed by atoms with Gasteiger partial charge in [-0.05, 0) is 33.6 Å². The van der Waals surface area contributed by atoms with E-state index in [0.29, 0.717) is 0 Å². The van der Waals surface area contributed by atoms with E-state index < -0.39 is 11.7 Å². The molecular weight excluding hydrogens is 206 g/mol. The molecule has 0 radical (unpaired) electrons. The molecule has 94 valence electrons. The third-order valence-electron chi connectivity index (χ3n) is 2.03. The lowest BCUT2D eigenvalue weighted by molar-refractivity contribution is 0.0468. The van der Waals surface area contributed by atoms with Crippen LogP contribution in [0.5, 0.6) is 0 Å². The first-order valence-electron chi connectivity index (χ1n) is 5.53. The molecule has 16 heavy (non-hydrogen) atoms. The average Bonchev–Trinajstić information content (AvgIpc) is 2.11. The average molecular weight is 229 g/mol. The van der Waals surface area contributed by atoms with Crippen molar-refractivity contribution in [2.75, 3.05) is 6.61 Å². The van der Waals surface area contributed by atoms with E-state index in [2.05, 4.69) is 5.32 Å². The molecule has 4 nitrogen and oxygen atoms in total. The lowest BCUT2D eigenvalue weighted by Crippen LogP contribution is -2.44. The Labute approximate surface area is 97.7 Å². The molecule has 0 spiro atoms. The summed E-state index contributed by atoms with van der Waals surface area (Å²) in [6.07, 6.45) is 3.32. The molecule has 0 unspecified atom stereocenters. The van der Waals surface area contributed by atoms with Gasteiger partial charge in [-0.1, -0.05) is 19.1 Å². The first kappa shape index (κ1) is 15.0. The molecule has 2 N–H and O–H groups in total. The van der Waals surface area contributed by atoms with E-state index in [-0.39, 0.29) is 18.6 Å². The number of carbonyl (C=O) groups is 1. The SMILES string of the molecule is C/C=C/[C@@H](C)[C@H](CO)NC(=O)OC(C)(C)C. The molecule has 0 saturated carbocycles. The molecule has 0 aliphatic heterocycles. The molecule has 0 aliphatic rings. The highest BCUT2D eigenvalue weighted by Gasteiger charge is 2.21. The maximum Gasteiger partial charge on any atom is 0.407 e. The molecule has 0 saturated heterocycles. The van der Waals surface area contributed by atoms with Gasteiger partial charge in [0.25, 0.3) is 0 Å². The minimum absolute atomic E-state index is 0.0718. The number of carbonyl (C=O) groups excluding carboxylic acids is 1. The van der Waals surface area contributed by atoms with Gasteiger partial charge in [-0.3, -0.25) is 0 Å². The Kier molecular flexibility index (Phi) is 6.11. The fourth-order valence-corrected chi connectivity index (χ4v) is 1.24. The van der Waals surface area contributed by atoms with E-state index in [4.69, 9.17) is 9.84 Å². The number of rotatable bonds is 4. The van der Waals surface area contributed by atoms with E-state index in [1.165, 1.54) is 0 Å². The van der Waals surface area contributed by atoms with Gasteiger partial charge in [0.2, 0.25) is 0 Å². The van der Waals surface area contributed by atoms with Crippen molar-refractivity contribution in [2.24, 2.45) is 5.92 Å². The van der Waals surface area contributed by atoms with Gasteiger partial charge in [-0.25, -0.2) is 4.79 Å². The highest BCUT2D eigenvalue weighted by molar-refractivity contribution is 5.68. The summed E-state index contributed by atoms with van der Waals surface area (Å²) >= 11 is 0. The fraction of sp³-hybridized carbons (Fsp3) is 0.750. The summed E-state index contributed by atoms with van der Waals surface area (Å²) in [7, 11) is 0. The molecule has 0 bridgehead atoms. The van der Waals surface area contributed by atoms with Crippen molar-refractivity contribution in [3.8, 4) is 0 Å². The largest absolute Gasteiger partial charge is 0.444 e. The third kappa shape index (κ3) is 6.45. The summed E-state index contributed by atoms with van der Waals surface area (Å²) in [5, 5.41) is 11.8. The summed E-state index contributed by atoms with van der Waals surface area (Å²) in [4.78, 5) is 11.5. The summed E-state index contributed by atoms with van der Waals surface area (Å²) < 4.78 is 5.11. The molecule has 4 heteroatoms. The van der Waals surface area contributed by atoms with Crippen molar-refractivity contribution in [1.29, 1.82) is 0 Å². The number of allylic oxidation sites excluding steroid dienone is 1. The zero-order valence-corrected chi connectivity index (χ0v) is 10.8. The predicted molar refractivity (Wildman–Crippen MR) is 64.2 cm³/mol. The maximum atomic E-state index is 11.5. The van der Waals surface area contributed by atoms with Crippen LogP contribution in [0.2, 0.25) is 0 Å². The Hall–Kier alpha value is -1.03. The van der Waals surface area contributed by atoms with Gasteiger partial charge in [0.05, 0.1) is 12.6 Å². The number of hydrogen-bond acceptors (Lipinski definition) is 3. The van der Waals surface area contributed by atoms with Gasteiger partial charge >= 0.3 is 6.09 Å². The molecule has 0 rings (SSSR count). The summed E-state index contributed by atoms with van der Waals surface area (Å²) in [6.45, 7) is 9.13. The van der Waals surface area contributed by atoms with Crippen LogP contribution in [0.1, 0.15) is 34.6 Å². The zero-order valence-electron chi connectivity index (χ0n) is 10.8.